The van der Waals surface area contributed by atoms with Crippen LogP contribution in [0, 0.1) is 0 Å². The lowest BCUT2D eigenvalue weighted by atomic mass is 10.2. The quantitative estimate of drug-likeness (QED) is 0.514. The molecule has 0 spiro atoms. The molecule has 0 bridgehead atoms. The molecule has 0 fully saturated rings. The molecule has 0 radical (unpaired) electrons. The lowest BCUT2D eigenvalue weighted by Gasteiger charge is -2.17. The molecule has 2 heterocycles. The highest BCUT2D eigenvalue weighted by atomic mass is 16.3. The Morgan fingerprint density at radius 1 is 1.10 bits per heavy atom. The zero-order valence-corrected chi connectivity index (χ0v) is 15.6. The molecule has 1 aromatic carbocycles. The summed E-state index contributed by atoms with van der Waals surface area (Å²) < 4.78 is 4.91. The second kappa shape index (κ2) is 8.83. The number of furan rings is 1. The number of hydrogen-bond acceptors (Lipinski definition) is 6. The Hall–Kier alpha value is -3.95. The third kappa shape index (κ3) is 5.06. The number of carbonyl (C=O) groups excluding carboxylic acids is 3. The van der Waals surface area contributed by atoms with Crippen molar-refractivity contribution < 1.29 is 18.8 Å². The van der Waals surface area contributed by atoms with Gasteiger partial charge in [0.1, 0.15) is 5.82 Å². The summed E-state index contributed by atoms with van der Waals surface area (Å²) in [7, 11) is 1.53. The molecule has 3 amide bonds. The van der Waals surface area contributed by atoms with Gasteiger partial charge in [0.05, 0.1) is 36.8 Å². The molecule has 0 aliphatic carbocycles. The Kier molecular flexibility index (Phi) is 6.03. The zero-order valence-electron chi connectivity index (χ0n) is 15.6. The van der Waals surface area contributed by atoms with Gasteiger partial charge in [-0.15, -0.1) is 0 Å². The van der Waals surface area contributed by atoms with Crippen LogP contribution >= 0.6 is 0 Å². The highest BCUT2D eigenvalue weighted by molar-refractivity contribution is 5.94. The number of aromatic amines is 1. The van der Waals surface area contributed by atoms with Crippen molar-refractivity contribution in [2.24, 2.45) is 0 Å². The number of likely N-dealkylation sites (N-methyl/N-ethyl adjacent to an activating group) is 1. The van der Waals surface area contributed by atoms with Gasteiger partial charge < -0.3 is 24.9 Å². The first-order valence-corrected chi connectivity index (χ1v) is 8.74. The summed E-state index contributed by atoms with van der Waals surface area (Å²) in [4.78, 5) is 56.1. The first-order valence-electron chi connectivity index (χ1n) is 8.74. The fraction of sp³-hybridized carbons (Fsp3) is 0.211. The summed E-state index contributed by atoms with van der Waals surface area (Å²) in [5.41, 5.74) is 0.250. The van der Waals surface area contributed by atoms with Gasteiger partial charge >= 0.3 is 0 Å². The molecule has 0 saturated heterocycles. The van der Waals surface area contributed by atoms with Crippen molar-refractivity contribution in [2.45, 2.75) is 6.54 Å². The summed E-state index contributed by atoms with van der Waals surface area (Å²) in [6, 6.07) is 9.92. The van der Waals surface area contributed by atoms with Crippen molar-refractivity contribution in [1.82, 2.24) is 25.5 Å². The first-order chi connectivity index (χ1) is 13.9. The van der Waals surface area contributed by atoms with Gasteiger partial charge in [-0.1, -0.05) is 12.1 Å². The van der Waals surface area contributed by atoms with Gasteiger partial charge in [0.2, 0.25) is 11.8 Å². The van der Waals surface area contributed by atoms with E-state index in [0.29, 0.717) is 16.7 Å². The van der Waals surface area contributed by atoms with E-state index in [0.717, 1.165) is 0 Å². The second-order valence-electron chi connectivity index (χ2n) is 6.22. The molecule has 2 aromatic heterocycles. The molecule has 0 aliphatic rings. The van der Waals surface area contributed by atoms with Crippen LogP contribution in [-0.2, 0) is 16.1 Å². The summed E-state index contributed by atoms with van der Waals surface area (Å²) in [5, 5.41) is 5.27. The molecular weight excluding hydrogens is 378 g/mol. The third-order valence-electron chi connectivity index (χ3n) is 4.07. The van der Waals surface area contributed by atoms with Gasteiger partial charge in [0.15, 0.2) is 5.76 Å². The van der Waals surface area contributed by atoms with Gasteiger partial charge in [-0.25, -0.2) is 4.98 Å². The SMILES string of the molecule is CN(Cc1nc2ccccc2c(=O)[nH]1)C(=O)CNC(=O)CNC(=O)c1ccco1. The van der Waals surface area contributed by atoms with E-state index >= 15 is 0 Å². The monoisotopic (exact) mass is 397 g/mol. The predicted molar refractivity (Wildman–Crippen MR) is 103 cm³/mol. The number of hydrogen-bond donors (Lipinski definition) is 3. The topological polar surface area (TPSA) is 137 Å². The molecular formula is C19H19N5O5. The van der Waals surface area contributed by atoms with Crippen LogP contribution in [0.25, 0.3) is 10.9 Å². The van der Waals surface area contributed by atoms with Gasteiger partial charge in [0.25, 0.3) is 11.5 Å². The highest BCUT2D eigenvalue weighted by Gasteiger charge is 2.14. The Morgan fingerprint density at radius 3 is 2.66 bits per heavy atom. The van der Waals surface area contributed by atoms with Crippen LogP contribution < -0.4 is 16.2 Å². The molecule has 3 rings (SSSR count). The average molecular weight is 397 g/mol. The molecule has 29 heavy (non-hydrogen) atoms. The Labute approximate surface area is 164 Å². The largest absolute Gasteiger partial charge is 0.459 e. The maximum absolute atomic E-state index is 12.2. The fourth-order valence-corrected chi connectivity index (χ4v) is 2.55. The van der Waals surface area contributed by atoms with E-state index in [1.165, 1.54) is 24.3 Å². The number of H-pyrrole nitrogens is 1. The van der Waals surface area contributed by atoms with Crippen LogP contribution in [0.15, 0.2) is 51.9 Å². The number of amides is 3. The van der Waals surface area contributed by atoms with Crippen molar-refractivity contribution in [3.8, 4) is 0 Å². The molecule has 0 saturated carbocycles. The minimum absolute atomic E-state index is 0.0734. The van der Waals surface area contributed by atoms with Gasteiger partial charge in [-0.3, -0.25) is 19.2 Å². The standard InChI is InChI=1S/C19H19N5O5/c1-24(11-15-22-13-6-3-2-5-12(13)18(27)23-15)17(26)10-20-16(25)9-21-19(28)14-7-4-8-29-14/h2-8H,9-11H2,1H3,(H,20,25)(H,21,28)(H,22,23,27). The van der Waals surface area contributed by atoms with Crippen molar-refractivity contribution >= 4 is 28.6 Å². The number of rotatable bonds is 7. The number of aromatic nitrogens is 2. The summed E-state index contributed by atoms with van der Waals surface area (Å²) in [5.74, 6) is -1.01. The van der Waals surface area contributed by atoms with E-state index in [2.05, 4.69) is 20.6 Å². The number of para-hydroxylation sites is 1. The van der Waals surface area contributed by atoms with Crippen LogP contribution in [-0.4, -0.2) is 52.7 Å². The van der Waals surface area contributed by atoms with E-state index in [1.807, 2.05) is 0 Å². The maximum Gasteiger partial charge on any atom is 0.287 e. The minimum Gasteiger partial charge on any atom is -0.459 e. The summed E-state index contributed by atoms with van der Waals surface area (Å²) in [6.45, 7) is -0.482. The van der Waals surface area contributed by atoms with E-state index in [1.54, 1.807) is 30.3 Å². The van der Waals surface area contributed by atoms with Crippen LogP contribution in [0.2, 0.25) is 0 Å². The summed E-state index contributed by atoms with van der Waals surface area (Å²) in [6.07, 6.45) is 1.35. The van der Waals surface area contributed by atoms with E-state index in [4.69, 9.17) is 4.42 Å². The minimum atomic E-state index is -0.528. The zero-order chi connectivity index (χ0) is 20.8. The molecule has 3 N–H and O–H groups in total. The number of carbonyl (C=O) groups is 3. The van der Waals surface area contributed by atoms with Crippen molar-refractivity contribution in [3.63, 3.8) is 0 Å². The van der Waals surface area contributed by atoms with Crippen LogP contribution in [0.3, 0.4) is 0 Å². The van der Waals surface area contributed by atoms with Gasteiger partial charge in [-0.05, 0) is 24.3 Å². The van der Waals surface area contributed by atoms with E-state index in [-0.39, 0.29) is 36.9 Å². The lowest BCUT2D eigenvalue weighted by molar-refractivity contribution is -0.132. The molecule has 3 aromatic rings. The Bertz CT molecular complexity index is 1090. The van der Waals surface area contributed by atoms with Crippen molar-refractivity contribution in [1.29, 1.82) is 0 Å². The van der Waals surface area contributed by atoms with Gasteiger partial charge in [0, 0.05) is 7.05 Å². The normalized spacial score (nSPS) is 10.5. The number of benzene rings is 1. The fourth-order valence-electron chi connectivity index (χ4n) is 2.55. The summed E-state index contributed by atoms with van der Waals surface area (Å²) >= 11 is 0. The third-order valence-corrected chi connectivity index (χ3v) is 4.07. The molecule has 10 nitrogen and oxygen atoms in total. The smallest absolute Gasteiger partial charge is 0.287 e. The highest BCUT2D eigenvalue weighted by Crippen LogP contribution is 2.06. The van der Waals surface area contributed by atoms with E-state index in [9.17, 15) is 19.2 Å². The molecule has 0 aliphatic heterocycles. The van der Waals surface area contributed by atoms with E-state index < -0.39 is 11.8 Å². The number of fused-ring (bicyclic) bond motifs is 1. The van der Waals surface area contributed by atoms with Crippen LogP contribution in [0.4, 0.5) is 0 Å². The molecule has 150 valence electrons. The molecule has 0 unspecified atom stereocenters. The lowest BCUT2D eigenvalue weighted by Crippen LogP contribution is -2.42. The maximum atomic E-state index is 12.2. The number of nitrogens with one attached hydrogen (secondary N) is 3. The predicted octanol–water partition coefficient (Wildman–Crippen LogP) is 0.0207. The van der Waals surface area contributed by atoms with Crippen LogP contribution in [0.5, 0.6) is 0 Å². The second-order valence-corrected chi connectivity index (χ2v) is 6.22. The number of nitrogens with zero attached hydrogens (tertiary/aromatic N) is 2. The molecule has 10 heteroatoms. The van der Waals surface area contributed by atoms with Crippen molar-refractivity contribution in [2.75, 3.05) is 20.1 Å². The Balaban J connectivity index is 1.48. The van der Waals surface area contributed by atoms with Crippen LogP contribution in [0.1, 0.15) is 16.4 Å². The Morgan fingerprint density at radius 2 is 1.90 bits per heavy atom. The van der Waals surface area contributed by atoms with Gasteiger partial charge in [-0.2, -0.15) is 0 Å². The average Bonchev–Trinajstić information content (AvgIpc) is 3.25. The molecule has 0 atom stereocenters. The van der Waals surface area contributed by atoms with Crippen molar-refractivity contribution in [3.05, 3.63) is 64.6 Å². The first kappa shape index (κ1) is 19.8.